The fraction of sp³-hybridized carbons (Fsp3) is 0.800. The first-order valence-corrected chi connectivity index (χ1v) is 35.4. The number of carboxylic acid groups (broad SMARTS) is 2. The van der Waals surface area contributed by atoms with Crippen LogP contribution >= 0.6 is 0 Å². The molecule has 460 valence electrons. The Morgan fingerprint density at radius 3 is 0.570 bits per heavy atom. The molecule has 0 amide bonds. The molecule has 0 fully saturated rings. The van der Waals surface area contributed by atoms with Crippen molar-refractivity contribution in [3.8, 4) is 0 Å². The van der Waals surface area contributed by atoms with E-state index in [1.807, 2.05) is 0 Å². The Bertz CT molecular complexity index is 1530. The van der Waals surface area contributed by atoms with E-state index in [4.69, 9.17) is 10.2 Å². The Kier molecular flexibility index (Phi) is 50.3. The zero-order chi connectivity index (χ0) is 58.6. The minimum absolute atomic E-state index is 0.0184. The van der Waals surface area contributed by atoms with Crippen LogP contribution in [0.2, 0.25) is 0 Å². The van der Waals surface area contributed by atoms with Crippen molar-refractivity contribution in [3.05, 3.63) is 59.7 Å². The molecule has 0 bridgehead atoms. The fourth-order valence-corrected chi connectivity index (χ4v) is 12.7. The van der Waals surface area contributed by atoms with E-state index in [1.165, 1.54) is 367 Å². The zero-order valence-corrected chi connectivity index (χ0v) is 54.2. The van der Waals surface area contributed by atoms with Crippen molar-refractivity contribution >= 4 is 21.8 Å². The Morgan fingerprint density at radius 2 is 0.430 bits per heavy atom. The molecule has 0 radical (unpaired) electrons. The smallest absolute Gasteiger partial charge is 0.335 e. The largest absolute Gasteiger partial charge is 0.478 e. The quantitative estimate of drug-likeness (QED) is 0.0505. The van der Waals surface area contributed by atoms with E-state index in [-0.39, 0.29) is 20.9 Å². The minimum atomic E-state index is -3.81. The summed E-state index contributed by atoms with van der Waals surface area (Å²) in [7, 11) is -3.81. The maximum atomic E-state index is 12.3. The number of unbranched alkanes of at least 4 members (excludes halogenated alkanes) is 32. The highest BCUT2D eigenvalue weighted by molar-refractivity contribution is 7.91. The minimum Gasteiger partial charge on any atom is -0.478 e. The van der Waals surface area contributed by atoms with Gasteiger partial charge in [0, 0.05) is 0 Å². The molecular weight excluding hydrogens is 997 g/mol. The number of rotatable bonds is 52. The zero-order valence-electron chi connectivity index (χ0n) is 53.4. The molecule has 0 atom stereocenters. The van der Waals surface area contributed by atoms with Crippen molar-refractivity contribution in [3.63, 3.8) is 0 Å². The van der Waals surface area contributed by atoms with E-state index in [0.29, 0.717) is 0 Å². The number of carboxylic acids is 2. The second-order valence-electron chi connectivity index (χ2n) is 23.9. The van der Waals surface area contributed by atoms with Crippen LogP contribution in [0.15, 0.2) is 58.3 Å². The van der Waals surface area contributed by atoms with Crippen LogP contribution in [-0.2, 0) is 9.84 Å². The van der Waals surface area contributed by atoms with E-state index < -0.39 is 21.8 Å². The molecule has 2 rings (SSSR count). The fourth-order valence-electron chi connectivity index (χ4n) is 11.4. The molecule has 0 unspecified atom stereocenters. The lowest BCUT2D eigenvalue weighted by Crippen LogP contribution is -2.50. The van der Waals surface area contributed by atoms with Crippen LogP contribution in [0.1, 0.15) is 333 Å². The number of quaternary nitrogens is 2. The Morgan fingerprint density at radius 1 is 0.278 bits per heavy atom. The predicted molar refractivity (Wildman–Crippen MR) is 342 cm³/mol. The third-order valence-electron chi connectivity index (χ3n) is 16.7. The van der Waals surface area contributed by atoms with Crippen molar-refractivity contribution < 1.29 is 37.2 Å². The first-order chi connectivity index (χ1) is 38.3. The van der Waals surface area contributed by atoms with Gasteiger partial charge in [-0.3, -0.25) is 0 Å². The van der Waals surface area contributed by atoms with Crippen molar-refractivity contribution in [1.29, 1.82) is 0 Å². The van der Waals surface area contributed by atoms with Crippen molar-refractivity contribution in [2.24, 2.45) is 0 Å². The number of nitrogens with zero attached hydrogens (tertiary/aromatic N) is 2. The second-order valence-corrected chi connectivity index (χ2v) is 25.9. The Labute approximate surface area is 490 Å². The van der Waals surface area contributed by atoms with Gasteiger partial charge in [-0.1, -0.05) is 209 Å². The molecule has 0 spiro atoms. The maximum Gasteiger partial charge on any atom is 0.335 e. The lowest BCUT2D eigenvalue weighted by molar-refractivity contribution is -0.929. The van der Waals surface area contributed by atoms with Gasteiger partial charge in [-0.25, -0.2) is 18.0 Å². The van der Waals surface area contributed by atoms with E-state index >= 15 is 0 Å². The molecule has 8 nitrogen and oxygen atoms in total. The van der Waals surface area contributed by atoms with Crippen LogP contribution in [0.3, 0.4) is 0 Å². The predicted octanol–water partition coefficient (Wildman–Crippen LogP) is 21.3. The van der Waals surface area contributed by atoms with Gasteiger partial charge in [0.25, 0.3) is 0 Å². The lowest BCUT2D eigenvalue weighted by atomic mass is 10.1. The van der Waals surface area contributed by atoms with Crippen molar-refractivity contribution in [2.75, 3.05) is 52.4 Å². The number of hydrogen-bond acceptors (Lipinski definition) is 4. The molecule has 2 aromatic carbocycles. The molecular formula is C70H130N2O6S+2. The van der Waals surface area contributed by atoms with E-state index in [1.54, 1.807) is 0 Å². The summed E-state index contributed by atoms with van der Waals surface area (Å²) in [6.45, 7) is 30.5. The number of carbonyl (C=O) groups is 2. The molecule has 0 aliphatic heterocycles. The summed E-state index contributed by atoms with van der Waals surface area (Å²) >= 11 is 0. The number of hydrogen-bond donors (Lipinski definition) is 2. The van der Waals surface area contributed by atoms with Gasteiger partial charge in [-0.05, 0) is 151 Å². The molecule has 0 aliphatic carbocycles. The number of aromatic carboxylic acids is 2. The maximum absolute atomic E-state index is 12.3. The monoisotopic (exact) mass is 1130 g/mol. The van der Waals surface area contributed by atoms with Crippen LogP contribution < -0.4 is 0 Å². The normalized spacial score (nSPS) is 11.7. The molecule has 9 heteroatoms. The summed E-state index contributed by atoms with van der Waals surface area (Å²) in [5, 5.41) is 17.5. The topological polar surface area (TPSA) is 109 Å². The summed E-state index contributed by atoms with van der Waals surface area (Å²) in [6, 6.07) is 9.57. The molecule has 2 aromatic rings. The van der Waals surface area contributed by atoms with Crippen molar-refractivity contribution in [1.82, 2.24) is 0 Å². The number of benzene rings is 2. The van der Waals surface area contributed by atoms with Crippen LogP contribution in [0.4, 0.5) is 0 Å². The van der Waals surface area contributed by atoms with Crippen LogP contribution in [-0.4, -0.2) is 91.9 Å². The third-order valence-corrected chi connectivity index (χ3v) is 18.5. The SMILES string of the molecule is CCCCCCC[N+](CCCCCCC)(CCCCCCC)CCCCCCC.CCCCCCC[N+](CCCCCCC)(CCCCCCC)CCCCCCC.O=C(O)c1ccc(S(=O)(=O)c2ccc(C(=O)O)cc2)cc1. The summed E-state index contributed by atoms with van der Waals surface area (Å²) in [5.74, 6) is -2.30. The summed E-state index contributed by atoms with van der Waals surface area (Å²) in [6.07, 6.45) is 57.6. The first kappa shape index (κ1) is 76.2. The Hall–Kier alpha value is -2.75. The van der Waals surface area contributed by atoms with Crippen molar-refractivity contribution in [2.45, 2.75) is 322 Å². The molecule has 0 saturated heterocycles. The Balaban J connectivity index is 0.00000117. The first-order valence-electron chi connectivity index (χ1n) is 33.9. The van der Waals surface area contributed by atoms with E-state index in [0.717, 1.165) is 0 Å². The molecule has 0 heterocycles. The standard InChI is InChI=1S/2C28H60N.C14H10O6S/c2*1-5-9-13-17-21-25-29(26-22-18-14-10-6-2,27-23-19-15-11-7-3)28-24-20-16-12-8-4;15-13(16)9-1-5-11(6-2-9)21(19,20)12-7-3-10(4-8-12)14(17)18/h2*5-28H2,1-4H3;1-8H,(H,15,16)(H,17,18)/q2*+1;. The summed E-state index contributed by atoms with van der Waals surface area (Å²) < 4.78 is 27.5. The number of sulfone groups is 1. The van der Waals surface area contributed by atoms with Gasteiger partial charge in [0.2, 0.25) is 9.84 Å². The van der Waals surface area contributed by atoms with E-state index in [9.17, 15) is 18.0 Å². The highest BCUT2D eigenvalue weighted by Gasteiger charge is 2.27. The summed E-state index contributed by atoms with van der Waals surface area (Å²) in [4.78, 5) is 21.3. The second kappa shape index (κ2) is 52.1. The van der Waals surface area contributed by atoms with Crippen LogP contribution in [0, 0.1) is 0 Å². The van der Waals surface area contributed by atoms with Gasteiger partial charge in [0.05, 0.1) is 73.3 Å². The lowest BCUT2D eigenvalue weighted by Gasteiger charge is -2.40. The highest BCUT2D eigenvalue weighted by atomic mass is 32.2. The van der Waals surface area contributed by atoms with E-state index in [2.05, 4.69) is 55.4 Å². The summed E-state index contributed by atoms with van der Waals surface area (Å²) in [5.41, 5.74) is -0.0367. The van der Waals surface area contributed by atoms with Gasteiger partial charge in [-0.15, -0.1) is 0 Å². The molecule has 2 N–H and O–H groups in total. The highest BCUT2D eigenvalue weighted by Crippen LogP contribution is 2.24. The van der Waals surface area contributed by atoms with Gasteiger partial charge >= 0.3 is 11.9 Å². The van der Waals surface area contributed by atoms with Gasteiger partial charge in [0.15, 0.2) is 0 Å². The third kappa shape index (κ3) is 39.4. The van der Waals surface area contributed by atoms with Gasteiger partial charge < -0.3 is 19.2 Å². The average Bonchev–Trinajstić information content (AvgIpc) is 3.45. The van der Waals surface area contributed by atoms with Crippen LogP contribution in [0.5, 0.6) is 0 Å². The molecule has 0 saturated carbocycles. The molecule has 0 aliphatic rings. The van der Waals surface area contributed by atoms with Crippen LogP contribution in [0.25, 0.3) is 0 Å². The molecule has 0 aromatic heterocycles. The van der Waals surface area contributed by atoms with Gasteiger partial charge in [-0.2, -0.15) is 0 Å². The van der Waals surface area contributed by atoms with Gasteiger partial charge in [0.1, 0.15) is 0 Å². The average molecular weight is 1130 g/mol. The molecule has 79 heavy (non-hydrogen) atoms.